The topological polar surface area (TPSA) is 78.9 Å². The zero-order valence-corrected chi connectivity index (χ0v) is 51.2. The number of esters is 3. The minimum absolute atomic E-state index is 0.0742. The van der Waals surface area contributed by atoms with Crippen LogP contribution in [0.5, 0.6) is 0 Å². The van der Waals surface area contributed by atoms with Crippen LogP contribution in [0.25, 0.3) is 0 Å². The molecule has 446 valence electrons. The molecule has 6 nitrogen and oxygen atoms in total. The second kappa shape index (κ2) is 65.4. The Bertz CT molecular complexity index is 1420. The Labute approximate surface area is 478 Å². The second-order valence-electron chi connectivity index (χ2n) is 22.4. The van der Waals surface area contributed by atoms with E-state index >= 15 is 0 Å². The number of hydrogen-bond donors (Lipinski definition) is 0. The van der Waals surface area contributed by atoms with E-state index in [1.807, 2.05) is 0 Å². The highest BCUT2D eigenvalue weighted by Gasteiger charge is 2.19. The third-order valence-corrected chi connectivity index (χ3v) is 14.7. The molecule has 0 heterocycles. The van der Waals surface area contributed by atoms with Gasteiger partial charge in [0.25, 0.3) is 0 Å². The number of carbonyl (C=O) groups is 3. The van der Waals surface area contributed by atoms with E-state index in [2.05, 4.69) is 93.7 Å². The first-order valence-electron chi connectivity index (χ1n) is 33.4. The van der Waals surface area contributed by atoms with Crippen LogP contribution in [0.1, 0.15) is 342 Å². The van der Waals surface area contributed by atoms with Crippen molar-refractivity contribution < 1.29 is 28.6 Å². The molecule has 0 spiro atoms. The van der Waals surface area contributed by atoms with Gasteiger partial charge in [-0.25, -0.2) is 0 Å². The number of hydrogen-bond acceptors (Lipinski definition) is 6. The minimum Gasteiger partial charge on any atom is -0.462 e. The van der Waals surface area contributed by atoms with E-state index in [0.717, 1.165) is 103 Å². The molecule has 0 aliphatic rings. The van der Waals surface area contributed by atoms with Crippen molar-refractivity contribution in [3.8, 4) is 0 Å². The molecular weight excluding hydrogens is 949 g/mol. The number of unbranched alkanes of at least 4 members (excludes halogenated alkanes) is 38. The van der Waals surface area contributed by atoms with Gasteiger partial charge >= 0.3 is 17.9 Å². The number of carbonyl (C=O) groups excluding carboxylic acids is 3. The SMILES string of the molecule is CC/C=C\C/C=C\C/C=C\C/C=C\C/C=C\C/C=C\CCCCCCCCCCC(=O)OCC(COC(=O)CCCCCCCCC)OC(=O)CCCCCCCCCCCCCCCCCCCCCCCCCCC. The van der Waals surface area contributed by atoms with Crippen LogP contribution in [-0.2, 0) is 28.6 Å². The monoisotopic (exact) mass is 1070 g/mol. The van der Waals surface area contributed by atoms with Gasteiger partial charge in [-0.3, -0.25) is 14.4 Å². The Morgan fingerprint density at radius 3 is 0.792 bits per heavy atom. The lowest BCUT2D eigenvalue weighted by molar-refractivity contribution is -0.167. The average molecular weight is 1080 g/mol. The summed E-state index contributed by atoms with van der Waals surface area (Å²) in [6, 6.07) is 0. The van der Waals surface area contributed by atoms with E-state index < -0.39 is 6.10 Å². The molecule has 0 N–H and O–H groups in total. The fraction of sp³-hybridized carbons (Fsp3) is 0.789. The van der Waals surface area contributed by atoms with Crippen molar-refractivity contribution in [2.75, 3.05) is 13.2 Å². The lowest BCUT2D eigenvalue weighted by Crippen LogP contribution is -2.30. The molecule has 0 aliphatic heterocycles. The van der Waals surface area contributed by atoms with Crippen molar-refractivity contribution in [3.63, 3.8) is 0 Å². The second-order valence-corrected chi connectivity index (χ2v) is 22.4. The summed E-state index contributed by atoms with van der Waals surface area (Å²) in [6.07, 6.45) is 85.2. The third kappa shape index (κ3) is 63.6. The van der Waals surface area contributed by atoms with Crippen molar-refractivity contribution in [2.24, 2.45) is 0 Å². The minimum atomic E-state index is -0.775. The van der Waals surface area contributed by atoms with E-state index in [9.17, 15) is 14.4 Å². The molecule has 0 aromatic heterocycles. The molecule has 6 heteroatoms. The summed E-state index contributed by atoms with van der Waals surface area (Å²) < 4.78 is 16.9. The van der Waals surface area contributed by atoms with Crippen molar-refractivity contribution in [1.29, 1.82) is 0 Å². The first-order valence-corrected chi connectivity index (χ1v) is 33.4. The van der Waals surface area contributed by atoms with Gasteiger partial charge < -0.3 is 14.2 Å². The third-order valence-electron chi connectivity index (χ3n) is 14.7. The van der Waals surface area contributed by atoms with Crippen LogP contribution in [0.4, 0.5) is 0 Å². The number of ether oxygens (including phenoxy) is 3. The zero-order valence-electron chi connectivity index (χ0n) is 51.2. The Morgan fingerprint density at radius 2 is 0.506 bits per heavy atom. The molecule has 0 aliphatic carbocycles. The maximum atomic E-state index is 12.9. The van der Waals surface area contributed by atoms with Gasteiger partial charge in [0.05, 0.1) is 0 Å². The largest absolute Gasteiger partial charge is 0.462 e. The molecular formula is C71H126O6. The van der Waals surface area contributed by atoms with Gasteiger partial charge in [-0.15, -0.1) is 0 Å². The quantitative estimate of drug-likeness (QED) is 0.0261. The van der Waals surface area contributed by atoms with E-state index in [1.165, 1.54) is 199 Å². The molecule has 1 atom stereocenters. The van der Waals surface area contributed by atoms with E-state index in [4.69, 9.17) is 14.2 Å². The Kier molecular flexibility index (Phi) is 62.7. The predicted octanol–water partition coefficient (Wildman–Crippen LogP) is 22.9. The van der Waals surface area contributed by atoms with Gasteiger partial charge in [-0.2, -0.15) is 0 Å². The molecule has 77 heavy (non-hydrogen) atoms. The Balaban J connectivity index is 4.11. The highest BCUT2D eigenvalue weighted by Crippen LogP contribution is 2.18. The highest BCUT2D eigenvalue weighted by atomic mass is 16.6. The maximum absolute atomic E-state index is 12.9. The lowest BCUT2D eigenvalue weighted by atomic mass is 10.0. The van der Waals surface area contributed by atoms with Gasteiger partial charge in [-0.05, 0) is 70.6 Å². The molecule has 0 aromatic rings. The van der Waals surface area contributed by atoms with Crippen LogP contribution in [0.3, 0.4) is 0 Å². The van der Waals surface area contributed by atoms with Crippen LogP contribution in [0, 0.1) is 0 Å². The maximum Gasteiger partial charge on any atom is 0.306 e. The lowest BCUT2D eigenvalue weighted by Gasteiger charge is -2.18. The first kappa shape index (κ1) is 73.8. The first-order chi connectivity index (χ1) is 38.0. The van der Waals surface area contributed by atoms with Crippen molar-refractivity contribution >= 4 is 17.9 Å². The molecule has 0 saturated heterocycles. The summed E-state index contributed by atoms with van der Waals surface area (Å²) in [4.78, 5) is 38.1. The van der Waals surface area contributed by atoms with Gasteiger partial charge in [0, 0.05) is 19.3 Å². The van der Waals surface area contributed by atoms with Crippen LogP contribution in [0.2, 0.25) is 0 Å². The fourth-order valence-electron chi connectivity index (χ4n) is 9.74. The normalized spacial score (nSPS) is 12.5. The van der Waals surface area contributed by atoms with Crippen LogP contribution < -0.4 is 0 Å². The van der Waals surface area contributed by atoms with E-state index in [-0.39, 0.29) is 31.1 Å². The fourth-order valence-corrected chi connectivity index (χ4v) is 9.74. The molecule has 0 fully saturated rings. The molecule has 1 unspecified atom stereocenters. The summed E-state index contributed by atoms with van der Waals surface area (Å²) in [7, 11) is 0. The summed E-state index contributed by atoms with van der Waals surface area (Å²) in [5.41, 5.74) is 0. The van der Waals surface area contributed by atoms with E-state index in [0.29, 0.717) is 19.3 Å². The molecule has 0 amide bonds. The predicted molar refractivity (Wildman–Crippen MR) is 335 cm³/mol. The van der Waals surface area contributed by atoms with Gasteiger partial charge in [0.15, 0.2) is 6.10 Å². The van der Waals surface area contributed by atoms with Crippen molar-refractivity contribution in [1.82, 2.24) is 0 Å². The molecule has 0 rings (SSSR count). The summed E-state index contributed by atoms with van der Waals surface area (Å²) >= 11 is 0. The van der Waals surface area contributed by atoms with Gasteiger partial charge in [-0.1, -0.05) is 325 Å². The molecule has 0 saturated carbocycles. The van der Waals surface area contributed by atoms with Crippen LogP contribution in [0.15, 0.2) is 72.9 Å². The van der Waals surface area contributed by atoms with Crippen LogP contribution >= 0.6 is 0 Å². The number of allylic oxidation sites excluding steroid dienone is 12. The smallest absolute Gasteiger partial charge is 0.306 e. The zero-order chi connectivity index (χ0) is 55.7. The van der Waals surface area contributed by atoms with Crippen molar-refractivity contribution in [3.05, 3.63) is 72.9 Å². The van der Waals surface area contributed by atoms with E-state index in [1.54, 1.807) is 0 Å². The highest BCUT2D eigenvalue weighted by molar-refractivity contribution is 5.71. The van der Waals surface area contributed by atoms with Gasteiger partial charge in [0.1, 0.15) is 13.2 Å². The summed E-state index contributed by atoms with van der Waals surface area (Å²) in [6.45, 7) is 6.52. The number of rotatable bonds is 61. The summed E-state index contributed by atoms with van der Waals surface area (Å²) in [5.74, 6) is -0.872. The summed E-state index contributed by atoms with van der Waals surface area (Å²) in [5, 5.41) is 0. The molecule has 0 radical (unpaired) electrons. The Morgan fingerprint density at radius 1 is 0.273 bits per heavy atom. The molecule has 0 bridgehead atoms. The average Bonchev–Trinajstić information content (AvgIpc) is 3.43. The molecule has 0 aromatic carbocycles. The standard InChI is InChI=1S/C71H126O6/c1-4-7-10-13-16-18-20-22-24-26-28-30-32-34-35-37-38-40-42-44-46-48-50-52-55-58-61-64-70(73)76-67-68(66-75-69(72)63-60-57-54-15-12-9-6-3)77-71(74)65-62-59-56-53-51-49-47-45-43-41-39-36-33-31-29-27-25-23-21-19-17-14-11-8-5-2/h7,10,16,18,22,24,28,30,34-35,38,40,68H,4-6,8-9,11-15,17,19-21,23,25-27,29,31-33,36-37,39,41-67H2,1-3H3/b10-7-,18-16-,24-22-,30-28-,35-34-,40-38-. The van der Waals surface area contributed by atoms with Crippen LogP contribution in [-0.4, -0.2) is 37.2 Å². The van der Waals surface area contributed by atoms with Gasteiger partial charge in [0.2, 0.25) is 0 Å². The van der Waals surface area contributed by atoms with Crippen molar-refractivity contribution in [2.45, 2.75) is 348 Å². The Hall–Kier alpha value is -3.15.